The van der Waals surface area contributed by atoms with Crippen LogP contribution in [0.15, 0.2) is 29.7 Å². The topological polar surface area (TPSA) is 85.8 Å². The molecule has 154 valence electrons. The fourth-order valence-corrected chi connectivity index (χ4v) is 3.76. The standard InChI is InChI=1S/C21H24N2O5S/c1-6-27-18(25)7-8-19(26)28-11-17-12-29-21(22-17)23(16(5)24)20-14(3)9-13(2)10-15(20)4/h7-10,12H,6,11H2,1-5H3/b8-7+. The van der Waals surface area contributed by atoms with Gasteiger partial charge in [0, 0.05) is 24.5 Å². The van der Waals surface area contributed by atoms with E-state index in [0.717, 1.165) is 34.5 Å². The summed E-state index contributed by atoms with van der Waals surface area (Å²) in [6.45, 7) is 9.24. The number of hydrogen-bond acceptors (Lipinski definition) is 7. The van der Waals surface area contributed by atoms with Crippen LogP contribution in [-0.4, -0.2) is 29.4 Å². The van der Waals surface area contributed by atoms with Crippen LogP contribution in [0.5, 0.6) is 0 Å². The molecule has 0 saturated carbocycles. The lowest BCUT2D eigenvalue weighted by Gasteiger charge is -2.23. The van der Waals surface area contributed by atoms with Gasteiger partial charge in [0.25, 0.3) is 0 Å². The molecule has 1 amide bonds. The molecule has 1 aromatic carbocycles. The quantitative estimate of drug-likeness (QED) is 0.502. The first-order valence-corrected chi connectivity index (χ1v) is 9.95. The summed E-state index contributed by atoms with van der Waals surface area (Å²) >= 11 is 1.29. The van der Waals surface area contributed by atoms with E-state index in [0.29, 0.717) is 10.8 Å². The van der Waals surface area contributed by atoms with Crippen molar-refractivity contribution in [3.05, 3.63) is 52.0 Å². The summed E-state index contributed by atoms with van der Waals surface area (Å²) < 4.78 is 9.78. The summed E-state index contributed by atoms with van der Waals surface area (Å²) in [6.07, 6.45) is 2.02. The van der Waals surface area contributed by atoms with Gasteiger partial charge in [0.05, 0.1) is 18.0 Å². The maximum atomic E-state index is 12.4. The van der Waals surface area contributed by atoms with E-state index in [4.69, 9.17) is 9.47 Å². The number of aryl methyl sites for hydroxylation is 3. The number of amides is 1. The van der Waals surface area contributed by atoms with E-state index in [2.05, 4.69) is 4.98 Å². The molecule has 0 aliphatic heterocycles. The van der Waals surface area contributed by atoms with Crippen molar-refractivity contribution in [2.75, 3.05) is 11.5 Å². The van der Waals surface area contributed by atoms with Crippen LogP contribution < -0.4 is 4.90 Å². The van der Waals surface area contributed by atoms with Gasteiger partial charge >= 0.3 is 11.9 Å². The molecule has 0 unspecified atom stereocenters. The first-order chi connectivity index (χ1) is 13.7. The monoisotopic (exact) mass is 416 g/mol. The van der Waals surface area contributed by atoms with Crippen molar-refractivity contribution < 1.29 is 23.9 Å². The number of esters is 2. The number of nitrogens with zero attached hydrogens (tertiary/aromatic N) is 2. The molecule has 0 aliphatic rings. The van der Waals surface area contributed by atoms with Gasteiger partial charge < -0.3 is 9.47 Å². The fraction of sp³-hybridized carbons (Fsp3) is 0.333. The molecule has 2 rings (SSSR count). The summed E-state index contributed by atoms with van der Waals surface area (Å²) in [5, 5.41) is 2.23. The highest BCUT2D eigenvalue weighted by Crippen LogP contribution is 2.34. The van der Waals surface area contributed by atoms with Crippen molar-refractivity contribution in [3.8, 4) is 0 Å². The Labute approximate surface area is 174 Å². The zero-order chi connectivity index (χ0) is 21.6. The Morgan fingerprint density at radius 1 is 1.07 bits per heavy atom. The van der Waals surface area contributed by atoms with Crippen LogP contribution in [0.3, 0.4) is 0 Å². The average Bonchev–Trinajstić information content (AvgIpc) is 3.09. The van der Waals surface area contributed by atoms with Crippen LogP contribution >= 0.6 is 11.3 Å². The number of thiazole rings is 1. The van der Waals surface area contributed by atoms with E-state index >= 15 is 0 Å². The van der Waals surface area contributed by atoms with Gasteiger partial charge in [-0.1, -0.05) is 17.7 Å². The molecule has 0 spiro atoms. The minimum absolute atomic E-state index is 0.0693. The van der Waals surface area contributed by atoms with Gasteiger partial charge in [-0.3, -0.25) is 9.69 Å². The highest BCUT2D eigenvalue weighted by molar-refractivity contribution is 7.14. The highest BCUT2D eigenvalue weighted by Gasteiger charge is 2.22. The summed E-state index contributed by atoms with van der Waals surface area (Å²) in [6, 6.07) is 4.04. The minimum Gasteiger partial charge on any atom is -0.463 e. The third-order valence-electron chi connectivity index (χ3n) is 3.91. The fourth-order valence-electron chi connectivity index (χ4n) is 2.90. The molecule has 0 atom stereocenters. The van der Waals surface area contributed by atoms with Crippen molar-refractivity contribution in [2.45, 2.75) is 41.2 Å². The van der Waals surface area contributed by atoms with Crippen LogP contribution in [0, 0.1) is 20.8 Å². The number of carbonyl (C=O) groups is 3. The Kier molecular flexibility index (Phi) is 7.67. The van der Waals surface area contributed by atoms with Gasteiger partial charge in [0.2, 0.25) is 5.91 Å². The maximum absolute atomic E-state index is 12.4. The van der Waals surface area contributed by atoms with E-state index in [1.165, 1.54) is 18.3 Å². The first-order valence-electron chi connectivity index (χ1n) is 9.07. The molecule has 1 aromatic heterocycles. The van der Waals surface area contributed by atoms with Crippen LogP contribution in [0.25, 0.3) is 0 Å². The molecule has 0 saturated heterocycles. The van der Waals surface area contributed by atoms with Crippen molar-refractivity contribution >= 4 is 40.0 Å². The average molecular weight is 416 g/mol. The number of benzene rings is 1. The molecule has 0 fully saturated rings. The molecule has 1 heterocycles. The van der Waals surface area contributed by atoms with Crippen molar-refractivity contribution in [2.24, 2.45) is 0 Å². The Bertz CT molecular complexity index is 925. The molecule has 2 aromatic rings. The van der Waals surface area contributed by atoms with Crippen molar-refractivity contribution in [3.63, 3.8) is 0 Å². The first kappa shape index (κ1) is 22.3. The van der Waals surface area contributed by atoms with Crippen LogP contribution in [0.2, 0.25) is 0 Å². The van der Waals surface area contributed by atoms with Crippen LogP contribution in [-0.2, 0) is 30.5 Å². The number of hydrogen-bond donors (Lipinski definition) is 0. The molecular formula is C21H24N2O5S. The second kappa shape index (κ2) is 9.97. The van der Waals surface area contributed by atoms with Gasteiger partial charge in [0.15, 0.2) is 5.13 Å². The predicted molar refractivity (Wildman–Crippen MR) is 111 cm³/mol. The lowest BCUT2D eigenvalue weighted by Crippen LogP contribution is -2.24. The van der Waals surface area contributed by atoms with E-state index in [9.17, 15) is 14.4 Å². The Hall–Kier alpha value is -3.00. The number of anilines is 2. The molecular weight excluding hydrogens is 392 g/mol. The lowest BCUT2D eigenvalue weighted by atomic mass is 10.0. The Morgan fingerprint density at radius 3 is 2.21 bits per heavy atom. The highest BCUT2D eigenvalue weighted by atomic mass is 32.1. The second-order valence-corrected chi connectivity index (χ2v) is 7.25. The van der Waals surface area contributed by atoms with Gasteiger partial charge in [-0.05, 0) is 38.8 Å². The summed E-state index contributed by atoms with van der Waals surface area (Å²) in [7, 11) is 0. The molecule has 0 N–H and O–H groups in total. The third kappa shape index (κ3) is 5.99. The summed E-state index contributed by atoms with van der Waals surface area (Å²) in [4.78, 5) is 41.3. The van der Waals surface area contributed by atoms with E-state index in [1.54, 1.807) is 17.2 Å². The predicted octanol–water partition coefficient (Wildman–Crippen LogP) is 3.92. The van der Waals surface area contributed by atoms with E-state index in [-0.39, 0.29) is 19.1 Å². The summed E-state index contributed by atoms with van der Waals surface area (Å²) in [5.74, 6) is -1.45. The Morgan fingerprint density at radius 2 is 1.66 bits per heavy atom. The van der Waals surface area contributed by atoms with E-state index < -0.39 is 11.9 Å². The van der Waals surface area contributed by atoms with Crippen LogP contribution in [0.1, 0.15) is 36.2 Å². The minimum atomic E-state index is -0.679. The second-order valence-electron chi connectivity index (χ2n) is 6.42. The molecule has 29 heavy (non-hydrogen) atoms. The molecule has 0 radical (unpaired) electrons. The number of carbonyl (C=O) groups excluding carboxylic acids is 3. The van der Waals surface area contributed by atoms with E-state index in [1.807, 2.05) is 32.9 Å². The largest absolute Gasteiger partial charge is 0.463 e. The van der Waals surface area contributed by atoms with Crippen molar-refractivity contribution in [1.29, 1.82) is 0 Å². The molecule has 8 heteroatoms. The molecule has 0 aliphatic carbocycles. The molecule has 7 nitrogen and oxygen atoms in total. The number of rotatable bonds is 7. The smallest absolute Gasteiger partial charge is 0.331 e. The van der Waals surface area contributed by atoms with Gasteiger partial charge in [0.1, 0.15) is 6.61 Å². The zero-order valence-corrected chi connectivity index (χ0v) is 18.0. The Balaban J connectivity index is 2.14. The van der Waals surface area contributed by atoms with Gasteiger partial charge in [-0.25, -0.2) is 14.6 Å². The van der Waals surface area contributed by atoms with Gasteiger partial charge in [-0.2, -0.15) is 0 Å². The van der Waals surface area contributed by atoms with Crippen LogP contribution in [0.4, 0.5) is 10.8 Å². The lowest BCUT2D eigenvalue weighted by molar-refractivity contribution is -0.141. The number of aromatic nitrogens is 1. The SMILES string of the molecule is CCOC(=O)/C=C/C(=O)OCc1csc(N(C(C)=O)c2c(C)cc(C)cc2C)n1. The third-order valence-corrected chi connectivity index (χ3v) is 4.78. The molecule has 0 bridgehead atoms. The normalized spacial score (nSPS) is 10.8. The van der Waals surface area contributed by atoms with Crippen molar-refractivity contribution in [1.82, 2.24) is 4.98 Å². The maximum Gasteiger partial charge on any atom is 0.331 e. The zero-order valence-electron chi connectivity index (χ0n) is 17.1. The number of ether oxygens (including phenoxy) is 2. The summed E-state index contributed by atoms with van der Waals surface area (Å²) in [5.41, 5.74) is 4.39. The van der Waals surface area contributed by atoms with Gasteiger partial charge in [-0.15, -0.1) is 11.3 Å².